The summed E-state index contributed by atoms with van der Waals surface area (Å²) in [5, 5.41) is 0.111. The highest BCUT2D eigenvalue weighted by Crippen LogP contribution is 2.25. The minimum atomic E-state index is 0.111. The predicted molar refractivity (Wildman–Crippen MR) is 69.7 cm³/mol. The zero-order chi connectivity index (χ0) is 11.4. The third kappa shape index (κ3) is 2.17. The van der Waals surface area contributed by atoms with Crippen molar-refractivity contribution in [1.82, 2.24) is 0 Å². The highest BCUT2D eigenvalue weighted by atomic mass is 32.2. The molecule has 0 saturated heterocycles. The van der Waals surface area contributed by atoms with Crippen LogP contribution < -0.4 is 0 Å². The van der Waals surface area contributed by atoms with Gasteiger partial charge in [0.25, 0.3) is 0 Å². The van der Waals surface area contributed by atoms with Crippen LogP contribution in [0.4, 0.5) is 0 Å². The molecular formula is C14H12OS. The molecule has 2 heteroatoms. The van der Waals surface area contributed by atoms with Gasteiger partial charge in [-0.3, -0.25) is 4.79 Å². The van der Waals surface area contributed by atoms with Gasteiger partial charge in [-0.05, 0) is 23.4 Å². The molecule has 0 aliphatic carbocycles. The Balaban J connectivity index is 2.53. The van der Waals surface area contributed by atoms with Gasteiger partial charge in [-0.1, -0.05) is 60.3 Å². The van der Waals surface area contributed by atoms with E-state index in [1.165, 1.54) is 11.8 Å². The summed E-state index contributed by atoms with van der Waals surface area (Å²) in [5.74, 6) is 0. The fraction of sp³-hybridized carbons (Fsp3) is 0.0714. The van der Waals surface area contributed by atoms with Crippen LogP contribution in [-0.4, -0.2) is 11.4 Å². The molecule has 0 N–H and O–H groups in total. The van der Waals surface area contributed by atoms with Crippen molar-refractivity contribution in [3.05, 3.63) is 60.2 Å². The SMILES string of the molecule is CSC(=O)c1ccccc1-c1ccccc1. The van der Waals surface area contributed by atoms with Crippen LogP contribution in [-0.2, 0) is 0 Å². The van der Waals surface area contributed by atoms with Crippen LogP contribution >= 0.6 is 11.8 Å². The number of hydrogen-bond donors (Lipinski definition) is 0. The van der Waals surface area contributed by atoms with Gasteiger partial charge in [0.05, 0.1) is 0 Å². The highest BCUT2D eigenvalue weighted by Gasteiger charge is 2.10. The summed E-state index contributed by atoms with van der Waals surface area (Å²) in [6.45, 7) is 0. The summed E-state index contributed by atoms with van der Waals surface area (Å²) in [5.41, 5.74) is 2.86. The number of rotatable bonds is 2. The molecule has 0 radical (unpaired) electrons. The van der Waals surface area contributed by atoms with Gasteiger partial charge in [-0.2, -0.15) is 0 Å². The molecule has 2 aromatic rings. The minimum absolute atomic E-state index is 0.111. The maximum absolute atomic E-state index is 11.8. The van der Waals surface area contributed by atoms with E-state index in [0.29, 0.717) is 0 Å². The first-order chi connectivity index (χ1) is 7.83. The van der Waals surface area contributed by atoms with Crippen molar-refractivity contribution in [3.63, 3.8) is 0 Å². The summed E-state index contributed by atoms with van der Waals surface area (Å²) in [7, 11) is 0. The van der Waals surface area contributed by atoms with Crippen molar-refractivity contribution in [2.45, 2.75) is 0 Å². The van der Waals surface area contributed by atoms with Gasteiger partial charge in [-0.15, -0.1) is 0 Å². The van der Waals surface area contributed by atoms with Gasteiger partial charge < -0.3 is 0 Å². The van der Waals surface area contributed by atoms with Crippen LogP contribution in [0.25, 0.3) is 11.1 Å². The maximum atomic E-state index is 11.8. The summed E-state index contributed by atoms with van der Waals surface area (Å²) >= 11 is 1.25. The lowest BCUT2D eigenvalue weighted by Gasteiger charge is -2.06. The van der Waals surface area contributed by atoms with Crippen LogP contribution in [0.2, 0.25) is 0 Å². The molecule has 0 bridgehead atoms. The Kier molecular flexibility index (Phi) is 3.42. The van der Waals surface area contributed by atoms with Crippen molar-refractivity contribution in [3.8, 4) is 11.1 Å². The van der Waals surface area contributed by atoms with E-state index in [2.05, 4.69) is 0 Å². The molecule has 0 heterocycles. The number of benzene rings is 2. The molecule has 0 atom stereocenters. The Labute approximate surface area is 99.5 Å². The van der Waals surface area contributed by atoms with Crippen molar-refractivity contribution in [2.24, 2.45) is 0 Å². The topological polar surface area (TPSA) is 17.1 Å². The average molecular weight is 228 g/mol. The zero-order valence-corrected chi connectivity index (χ0v) is 9.83. The molecule has 0 aromatic heterocycles. The fourth-order valence-electron chi connectivity index (χ4n) is 1.64. The Morgan fingerprint density at radius 1 is 0.938 bits per heavy atom. The maximum Gasteiger partial charge on any atom is 0.219 e. The van der Waals surface area contributed by atoms with E-state index in [-0.39, 0.29) is 5.12 Å². The van der Waals surface area contributed by atoms with Crippen molar-refractivity contribution >= 4 is 16.9 Å². The molecule has 0 fully saturated rings. The number of hydrogen-bond acceptors (Lipinski definition) is 2. The van der Waals surface area contributed by atoms with Gasteiger partial charge in [0.15, 0.2) is 0 Å². The van der Waals surface area contributed by atoms with Gasteiger partial charge in [0.1, 0.15) is 0 Å². The smallest absolute Gasteiger partial charge is 0.219 e. The van der Waals surface area contributed by atoms with E-state index in [1.54, 1.807) is 0 Å². The Bertz CT molecular complexity index is 491. The lowest BCUT2D eigenvalue weighted by Crippen LogP contribution is -1.95. The molecule has 0 spiro atoms. The van der Waals surface area contributed by atoms with E-state index in [0.717, 1.165) is 16.7 Å². The molecule has 2 rings (SSSR count). The van der Waals surface area contributed by atoms with Gasteiger partial charge >= 0.3 is 0 Å². The van der Waals surface area contributed by atoms with E-state index in [1.807, 2.05) is 60.9 Å². The summed E-state index contributed by atoms with van der Waals surface area (Å²) in [6, 6.07) is 17.7. The predicted octanol–water partition coefficient (Wildman–Crippen LogP) is 3.86. The van der Waals surface area contributed by atoms with Crippen molar-refractivity contribution in [2.75, 3.05) is 6.26 Å². The van der Waals surface area contributed by atoms with E-state index < -0.39 is 0 Å². The lowest BCUT2D eigenvalue weighted by atomic mass is 10.0. The quantitative estimate of drug-likeness (QED) is 0.776. The monoisotopic (exact) mass is 228 g/mol. The van der Waals surface area contributed by atoms with Gasteiger partial charge in [0, 0.05) is 5.56 Å². The summed E-state index contributed by atoms with van der Waals surface area (Å²) < 4.78 is 0. The van der Waals surface area contributed by atoms with E-state index >= 15 is 0 Å². The molecule has 80 valence electrons. The van der Waals surface area contributed by atoms with E-state index in [4.69, 9.17) is 0 Å². The van der Waals surface area contributed by atoms with Crippen LogP contribution in [0.3, 0.4) is 0 Å². The summed E-state index contributed by atoms with van der Waals surface area (Å²) in [4.78, 5) is 11.8. The Morgan fingerprint density at radius 3 is 2.25 bits per heavy atom. The molecule has 0 saturated carbocycles. The molecule has 0 amide bonds. The Morgan fingerprint density at radius 2 is 1.56 bits per heavy atom. The first kappa shape index (κ1) is 11.0. The van der Waals surface area contributed by atoms with E-state index in [9.17, 15) is 4.79 Å². The fourth-order valence-corrected chi connectivity index (χ4v) is 2.04. The molecule has 0 unspecified atom stereocenters. The van der Waals surface area contributed by atoms with Gasteiger partial charge in [0.2, 0.25) is 5.12 Å². The lowest BCUT2D eigenvalue weighted by molar-refractivity contribution is 0.109. The van der Waals surface area contributed by atoms with Crippen LogP contribution in [0, 0.1) is 0 Å². The first-order valence-electron chi connectivity index (χ1n) is 5.05. The molecule has 16 heavy (non-hydrogen) atoms. The third-order valence-corrected chi connectivity index (χ3v) is 3.01. The normalized spacial score (nSPS) is 10.1. The van der Waals surface area contributed by atoms with Crippen molar-refractivity contribution < 1.29 is 4.79 Å². The molecule has 0 aliphatic heterocycles. The molecular weight excluding hydrogens is 216 g/mol. The Hall–Kier alpha value is -1.54. The first-order valence-corrected chi connectivity index (χ1v) is 6.28. The highest BCUT2D eigenvalue weighted by molar-refractivity contribution is 8.13. The summed E-state index contributed by atoms with van der Waals surface area (Å²) in [6.07, 6.45) is 1.81. The number of carbonyl (C=O) groups is 1. The number of carbonyl (C=O) groups excluding carboxylic acids is 1. The zero-order valence-electron chi connectivity index (χ0n) is 9.01. The second-order valence-corrected chi connectivity index (χ2v) is 4.18. The van der Waals surface area contributed by atoms with Crippen LogP contribution in [0.5, 0.6) is 0 Å². The van der Waals surface area contributed by atoms with Crippen molar-refractivity contribution in [1.29, 1.82) is 0 Å². The molecule has 1 nitrogen and oxygen atoms in total. The largest absolute Gasteiger partial charge is 0.282 e. The standard InChI is InChI=1S/C14H12OS/c1-16-14(15)13-10-6-5-9-12(13)11-7-3-2-4-8-11/h2-10H,1H3. The second kappa shape index (κ2) is 4.99. The molecule has 0 aliphatic rings. The molecule has 2 aromatic carbocycles. The second-order valence-electron chi connectivity index (χ2n) is 3.40. The third-order valence-electron chi connectivity index (χ3n) is 2.42. The average Bonchev–Trinajstić information content (AvgIpc) is 2.39. The van der Waals surface area contributed by atoms with Crippen LogP contribution in [0.1, 0.15) is 10.4 Å². The van der Waals surface area contributed by atoms with Crippen LogP contribution in [0.15, 0.2) is 54.6 Å². The minimum Gasteiger partial charge on any atom is -0.282 e. The number of thioether (sulfide) groups is 1. The van der Waals surface area contributed by atoms with Gasteiger partial charge in [-0.25, -0.2) is 0 Å².